The molecular formula is C25H36N2O3. The van der Waals surface area contributed by atoms with Crippen LogP contribution in [0.4, 0.5) is 11.4 Å². The number of nitrogens with one attached hydrogen (secondary N) is 2. The van der Waals surface area contributed by atoms with Crippen molar-refractivity contribution >= 4 is 17.3 Å². The summed E-state index contributed by atoms with van der Waals surface area (Å²) in [7, 11) is 0. The van der Waals surface area contributed by atoms with Crippen molar-refractivity contribution in [2.45, 2.75) is 52.9 Å². The van der Waals surface area contributed by atoms with Crippen molar-refractivity contribution in [2.75, 3.05) is 30.4 Å². The standard InChI is InChI=1S/C25H36N2O3/c1-4-5-6-7-15-29-23-12-8-10-21(17-23)26-19-25(28)27-22-11-9-13-24(18-22)30-16-14-20(2)3/h8-13,17-18,20,26H,4-7,14-16,19H2,1-3H3,(H,27,28). The number of hydrogen-bond donors (Lipinski definition) is 2. The van der Waals surface area contributed by atoms with Crippen LogP contribution in [0.5, 0.6) is 11.5 Å². The Labute approximate surface area is 181 Å². The highest BCUT2D eigenvalue weighted by atomic mass is 16.5. The highest BCUT2D eigenvalue weighted by Crippen LogP contribution is 2.19. The number of ether oxygens (including phenoxy) is 2. The second-order valence-corrected chi connectivity index (χ2v) is 7.90. The maximum absolute atomic E-state index is 12.3. The molecule has 0 saturated heterocycles. The number of carbonyl (C=O) groups excluding carboxylic acids is 1. The topological polar surface area (TPSA) is 59.6 Å². The van der Waals surface area contributed by atoms with Gasteiger partial charge in [-0.3, -0.25) is 4.79 Å². The van der Waals surface area contributed by atoms with Crippen LogP contribution in [0.15, 0.2) is 48.5 Å². The van der Waals surface area contributed by atoms with E-state index in [0.29, 0.717) is 12.5 Å². The minimum absolute atomic E-state index is 0.111. The van der Waals surface area contributed by atoms with E-state index in [4.69, 9.17) is 9.47 Å². The molecule has 5 heteroatoms. The fourth-order valence-corrected chi connectivity index (χ4v) is 2.88. The molecular weight excluding hydrogens is 376 g/mol. The summed E-state index contributed by atoms with van der Waals surface area (Å²) in [6.45, 7) is 8.11. The molecule has 5 nitrogen and oxygen atoms in total. The number of carbonyl (C=O) groups is 1. The van der Waals surface area contributed by atoms with E-state index >= 15 is 0 Å². The van der Waals surface area contributed by atoms with Gasteiger partial charge in [-0.1, -0.05) is 52.2 Å². The minimum atomic E-state index is -0.111. The van der Waals surface area contributed by atoms with Crippen molar-refractivity contribution in [3.63, 3.8) is 0 Å². The third kappa shape index (κ3) is 9.68. The van der Waals surface area contributed by atoms with Gasteiger partial charge in [-0.25, -0.2) is 0 Å². The second kappa shape index (κ2) is 13.5. The van der Waals surface area contributed by atoms with Gasteiger partial charge in [0.25, 0.3) is 0 Å². The molecule has 2 rings (SSSR count). The van der Waals surface area contributed by atoms with Gasteiger partial charge in [0, 0.05) is 23.5 Å². The molecule has 30 heavy (non-hydrogen) atoms. The predicted octanol–water partition coefficient (Wildman–Crippen LogP) is 6.12. The molecule has 0 unspecified atom stereocenters. The summed E-state index contributed by atoms with van der Waals surface area (Å²) in [6.07, 6.45) is 5.72. The van der Waals surface area contributed by atoms with E-state index in [1.54, 1.807) is 0 Å². The van der Waals surface area contributed by atoms with Gasteiger partial charge in [-0.2, -0.15) is 0 Å². The lowest BCUT2D eigenvalue weighted by Crippen LogP contribution is -2.21. The molecule has 0 bridgehead atoms. The maximum Gasteiger partial charge on any atom is 0.243 e. The van der Waals surface area contributed by atoms with E-state index in [1.165, 1.54) is 19.3 Å². The lowest BCUT2D eigenvalue weighted by molar-refractivity contribution is -0.114. The monoisotopic (exact) mass is 412 g/mol. The van der Waals surface area contributed by atoms with Crippen LogP contribution in [-0.4, -0.2) is 25.7 Å². The largest absolute Gasteiger partial charge is 0.494 e. The highest BCUT2D eigenvalue weighted by Gasteiger charge is 2.05. The molecule has 0 spiro atoms. The molecule has 0 aliphatic heterocycles. The fourth-order valence-electron chi connectivity index (χ4n) is 2.88. The van der Waals surface area contributed by atoms with Crippen molar-refractivity contribution < 1.29 is 14.3 Å². The van der Waals surface area contributed by atoms with E-state index in [9.17, 15) is 4.79 Å². The Hall–Kier alpha value is -2.69. The summed E-state index contributed by atoms with van der Waals surface area (Å²) in [5.74, 6) is 2.08. The van der Waals surface area contributed by atoms with Crippen LogP contribution in [-0.2, 0) is 4.79 Å². The van der Waals surface area contributed by atoms with E-state index in [2.05, 4.69) is 31.4 Å². The summed E-state index contributed by atoms with van der Waals surface area (Å²) in [4.78, 5) is 12.3. The van der Waals surface area contributed by atoms with Crippen molar-refractivity contribution in [3.8, 4) is 11.5 Å². The molecule has 0 saturated carbocycles. The zero-order valence-corrected chi connectivity index (χ0v) is 18.6. The molecule has 0 aliphatic carbocycles. The van der Waals surface area contributed by atoms with E-state index in [0.717, 1.165) is 42.3 Å². The van der Waals surface area contributed by atoms with Gasteiger partial charge in [0.1, 0.15) is 11.5 Å². The molecule has 0 aliphatic rings. The molecule has 2 aromatic rings. The average molecular weight is 413 g/mol. The second-order valence-electron chi connectivity index (χ2n) is 7.90. The molecule has 0 atom stereocenters. The highest BCUT2D eigenvalue weighted by molar-refractivity contribution is 5.93. The zero-order valence-electron chi connectivity index (χ0n) is 18.6. The molecule has 164 valence electrons. The van der Waals surface area contributed by atoms with Gasteiger partial charge in [0.05, 0.1) is 19.8 Å². The van der Waals surface area contributed by atoms with Crippen LogP contribution in [0.25, 0.3) is 0 Å². The molecule has 2 N–H and O–H groups in total. The van der Waals surface area contributed by atoms with Gasteiger partial charge in [-0.15, -0.1) is 0 Å². The van der Waals surface area contributed by atoms with Gasteiger partial charge >= 0.3 is 0 Å². The number of amides is 1. The van der Waals surface area contributed by atoms with Gasteiger partial charge in [-0.05, 0) is 43.0 Å². The quantitative estimate of drug-likeness (QED) is 0.367. The third-order valence-electron chi connectivity index (χ3n) is 4.64. The Morgan fingerprint density at radius 3 is 2.27 bits per heavy atom. The number of benzene rings is 2. The first-order chi connectivity index (χ1) is 14.6. The predicted molar refractivity (Wildman–Crippen MR) is 125 cm³/mol. The number of anilines is 2. The summed E-state index contributed by atoms with van der Waals surface area (Å²) in [5.41, 5.74) is 1.59. The summed E-state index contributed by atoms with van der Waals surface area (Å²) < 4.78 is 11.6. The fraction of sp³-hybridized carbons (Fsp3) is 0.480. The summed E-state index contributed by atoms with van der Waals surface area (Å²) in [5, 5.41) is 6.06. The molecule has 2 aromatic carbocycles. The normalized spacial score (nSPS) is 10.7. The average Bonchev–Trinajstić information content (AvgIpc) is 2.72. The maximum atomic E-state index is 12.3. The number of unbranched alkanes of at least 4 members (excludes halogenated alkanes) is 3. The van der Waals surface area contributed by atoms with Crippen molar-refractivity contribution in [1.29, 1.82) is 0 Å². The van der Waals surface area contributed by atoms with Crippen LogP contribution in [0.1, 0.15) is 52.9 Å². The molecule has 0 heterocycles. The Morgan fingerprint density at radius 1 is 0.900 bits per heavy atom. The Kier molecular flexibility index (Phi) is 10.6. The first-order valence-corrected chi connectivity index (χ1v) is 11.1. The Bertz CT molecular complexity index is 762. The van der Waals surface area contributed by atoms with E-state index < -0.39 is 0 Å². The van der Waals surface area contributed by atoms with E-state index in [-0.39, 0.29) is 12.5 Å². The van der Waals surface area contributed by atoms with Crippen molar-refractivity contribution in [2.24, 2.45) is 5.92 Å². The van der Waals surface area contributed by atoms with Crippen LogP contribution in [0.3, 0.4) is 0 Å². The number of hydrogen-bond acceptors (Lipinski definition) is 4. The van der Waals surface area contributed by atoms with Crippen molar-refractivity contribution in [3.05, 3.63) is 48.5 Å². The van der Waals surface area contributed by atoms with E-state index in [1.807, 2.05) is 48.5 Å². The summed E-state index contributed by atoms with van der Waals surface area (Å²) in [6, 6.07) is 15.2. The lowest BCUT2D eigenvalue weighted by atomic mass is 10.1. The Balaban J connectivity index is 1.76. The first kappa shape index (κ1) is 23.6. The van der Waals surface area contributed by atoms with Gasteiger partial charge in [0.15, 0.2) is 0 Å². The van der Waals surface area contributed by atoms with Gasteiger partial charge < -0.3 is 20.1 Å². The van der Waals surface area contributed by atoms with Crippen molar-refractivity contribution in [1.82, 2.24) is 0 Å². The molecule has 0 fully saturated rings. The smallest absolute Gasteiger partial charge is 0.243 e. The third-order valence-corrected chi connectivity index (χ3v) is 4.64. The first-order valence-electron chi connectivity index (χ1n) is 11.1. The van der Waals surface area contributed by atoms with Gasteiger partial charge in [0.2, 0.25) is 5.91 Å². The molecule has 0 aromatic heterocycles. The SMILES string of the molecule is CCCCCCOc1cccc(NCC(=O)Nc2cccc(OCCC(C)C)c2)c1. The van der Waals surface area contributed by atoms with Crippen LogP contribution in [0.2, 0.25) is 0 Å². The van der Waals surface area contributed by atoms with Crippen LogP contribution in [0, 0.1) is 5.92 Å². The molecule has 1 amide bonds. The minimum Gasteiger partial charge on any atom is -0.494 e. The Morgan fingerprint density at radius 2 is 1.57 bits per heavy atom. The molecule has 0 radical (unpaired) electrons. The van der Waals surface area contributed by atoms with Crippen LogP contribution >= 0.6 is 0 Å². The van der Waals surface area contributed by atoms with Crippen LogP contribution < -0.4 is 20.1 Å². The zero-order chi connectivity index (χ0) is 21.6. The lowest BCUT2D eigenvalue weighted by Gasteiger charge is -2.12. The summed E-state index contributed by atoms with van der Waals surface area (Å²) >= 11 is 0. The number of rotatable bonds is 14.